The zero-order valence-corrected chi connectivity index (χ0v) is 34.5. The number of allylic oxidation sites excluding steroid dienone is 4. The summed E-state index contributed by atoms with van der Waals surface area (Å²) in [6, 6.07) is -0.613. The number of carbonyl (C=O) groups is 3. The Morgan fingerprint density at radius 3 is 1.56 bits per heavy atom. The monoisotopic (exact) mass is 737 g/mol. The molecule has 0 saturated carbocycles. The van der Waals surface area contributed by atoms with E-state index in [1.165, 1.54) is 83.5 Å². The number of carbonyl (C=O) groups excluding carboxylic acids is 2. The van der Waals surface area contributed by atoms with Crippen LogP contribution in [-0.2, 0) is 28.6 Å². The van der Waals surface area contributed by atoms with Crippen LogP contribution in [0.25, 0.3) is 0 Å². The van der Waals surface area contributed by atoms with Crippen molar-refractivity contribution in [1.82, 2.24) is 0 Å². The van der Waals surface area contributed by atoms with Crippen molar-refractivity contribution in [1.29, 1.82) is 0 Å². The van der Waals surface area contributed by atoms with E-state index in [-0.39, 0.29) is 36.2 Å². The molecule has 2 unspecified atom stereocenters. The quantitative estimate of drug-likeness (QED) is 0.0291. The summed E-state index contributed by atoms with van der Waals surface area (Å²) < 4.78 is 17.2. The van der Waals surface area contributed by atoms with E-state index in [0.29, 0.717) is 19.3 Å². The second-order valence-corrected chi connectivity index (χ2v) is 15.6. The summed E-state index contributed by atoms with van der Waals surface area (Å²) >= 11 is 0. The second-order valence-electron chi connectivity index (χ2n) is 15.6. The van der Waals surface area contributed by atoms with Crippen molar-refractivity contribution in [2.45, 2.75) is 199 Å². The SMILES string of the molecule is CCC/C=C\C/C=C\CCCCCCCC(=O)OC(COCCC(C(=O)O)[N+](C)(C)C)COC(=O)CCCCCCCCCCCCCCCCC. The van der Waals surface area contributed by atoms with Crippen LogP contribution in [0.4, 0.5) is 0 Å². The number of carboxylic acids is 1. The molecule has 0 spiro atoms. The molecule has 8 heteroatoms. The van der Waals surface area contributed by atoms with Gasteiger partial charge < -0.3 is 23.8 Å². The number of esters is 2. The smallest absolute Gasteiger partial charge is 0.362 e. The summed E-state index contributed by atoms with van der Waals surface area (Å²) in [5, 5.41) is 9.60. The van der Waals surface area contributed by atoms with Crippen LogP contribution in [-0.4, -0.2) is 80.6 Å². The lowest BCUT2D eigenvalue weighted by atomic mass is 10.0. The van der Waals surface area contributed by atoms with Gasteiger partial charge in [-0.2, -0.15) is 0 Å². The maximum Gasteiger partial charge on any atom is 0.362 e. The zero-order valence-electron chi connectivity index (χ0n) is 34.5. The maximum atomic E-state index is 12.7. The Labute approximate surface area is 320 Å². The first kappa shape index (κ1) is 49.8. The third kappa shape index (κ3) is 33.6. The number of unbranched alkanes of at least 4 members (excludes halogenated alkanes) is 20. The van der Waals surface area contributed by atoms with Gasteiger partial charge in [0.1, 0.15) is 6.61 Å². The fourth-order valence-corrected chi connectivity index (χ4v) is 6.25. The van der Waals surface area contributed by atoms with Gasteiger partial charge in [-0.15, -0.1) is 0 Å². The molecular weight excluding hydrogens is 654 g/mol. The highest BCUT2D eigenvalue weighted by Crippen LogP contribution is 2.15. The van der Waals surface area contributed by atoms with Crippen molar-refractivity contribution in [3.05, 3.63) is 24.3 Å². The van der Waals surface area contributed by atoms with E-state index in [0.717, 1.165) is 70.6 Å². The van der Waals surface area contributed by atoms with E-state index in [4.69, 9.17) is 14.2 Å². The van der Waals surface area contributed by atoms with E-state index < -0.39 is 18.1 Å². The molecule has 0 bridgehead atoms. The fourth-order valence-electron chi connectivity index (χ4n) is 6.25. The first-order chi connectivity index (χ1) is 25.1. The van der Waals surface area contributed by atoms with Crippen molar-refractivity contribution in [2.24, 2.45) is 0 Å². The van der Waals surface area contributed by atoms with E-state index in [9.17, 15) is 19.5 Å². The molecule has 1 N–H and O–H groups in total. The molecule has 0 aliphatic heterocycles. The molecule has 0 aliphatic carbocycles. The minimum Gasteiger partial charge on any atom is -0.477 e. The molecule has 0 radical (unpaired) electrons. The molecule has 0 aliphatic rings. The molecule has 2 atom stereocenters. The highest BCUT2D eigenvalue weighted by molar-refractivity contribution is 5.72. The van der Waals surface area contributed by atoms with Gasteiger partial charge in [-0.05, 0) is 38.5 Å². The lowest BCUT2D eigenvalue weighted by Crippen LogP contribution is -2.50. The van der Waals surface area contributed by atoms with E-state index in [1.54, 1.807) is 0 Å². The Balaban J connectivity index is 4.35. The molecule has 0 rings (SSSR count). The van der Waals surface area contributed by atoms with Crippen LogP contribution in [0.2, 0.25) is 0 Å². The van der Waals surface area contributed by atoms with E-state index >= 15 is 0 Å². The van der Waals surface area contributed by atoms with Crippen LogP contribution in [0.15, 0.2) is 24.3 Å². The lowest BCUT2D eigenvalue weighted by Gasteiger charge is -2.31. The largest absolute Gasteiger partial charge is 0.477 e. The number of quaternary nitrogens is 1. The number of likely N-dealkylation sites (N-methyl/N-ethyl adjacent to an activating group) is 1. The Kier molecular flexibility index (Phi) is 34.3. The average molecular weight is 737 g/mol. The molecule has 0 aromatic carbocycles. The predicted octanol–water partition coefficient (Wildman–Crippen LogP) is 11.3. The minimum atomic E-state index is -0.876. The molecule has 0 amide bonds. The fraction of sp³-hybridized carbons (Fsp3) is 0.841. The third-order valence-corrected chi connectivity index (χ3v) is 9.58. The van der Waals surface area contributed by atoms with Crippen LogP contribution in [0, 0.1) is 0 Å². The Bertz CT molecular complexity index is 911. The zero-order chi connectivity index (χ0) is 38.5. The molecule has 0 fully saturated rings. The van der Waals surface area contributed by atoms with Crippen LogP contribution in [0.3, 0.4) is 0 Å². The maximum absolute atomic E-state index is 12.7. The van der Waals surface area contributed by atoms with Gasteiger partial charge in [-0.3, -0.25) is 9.59 Å². The van der Waals surface area contributed by atoms with Gasteiger partial charge >= 0.3 is 17.9 Å². The lowest BCUT2D eigenvalue weighted by molar-refractivity contribution is -0.887. The Hall–Kier alpha value is -2.19. The Morgan fingerprint density at radius 2 is 1.06 bits per heavy atom. The molecule has 304 valence electrons. The van der Waals surface area contributed by atoms with Gasteiger partial charge in [-0.1, -0.05) is 154 Å². The number of aliphatic carboxylic acids is 1. The molecule has 52 heavy (non-hydrogen) atoms. The van der Waals surface area contributed by atoms with Gasteiger partial charge in [0.05, 0.1) is 34.4 Å². The third-order valence-electron chi connectivity index (χ3n) is 9.58. The summed E-state index contributed by atoms with van der Waals surface area (Å²) in [5.41, 5.74) is 0. The highest BCUT2D eigenvalue weighted by atomic mass is 16.6. The summed E-state index contributed by atoms with van der Waals surface area (Å²) in [6.45, 7) is 4.67. The number of ether oxygens (including phenoxy) is 3. The van der Waals surface area contributed by atoms with E-state index in [1.807, 2.05) is 21.1 Å². The molecule has 0 aromatic heterocycles. The molecule has 8 nitrogen and oxygen atoms in total. The topological polar surface area (TPSA) is 99.1 Å². The first-order valence-electron chi connectivity index (χ1n) is 21.4. The molecule has 0 saturated heterocycles. The van der Waals surface area contributed by atoms with Gasteiger partial charge in [0.25, 0.3) is 0 Å². The van der Waals surface area contributed by atoms with Crippen LogP contribution in [0.1, 0.15) is 187 Å². The van der Waals surface area contributed by atoms with E-state index in [2.05, 4.69) is 38.2 Å². The highest BCUT2D eigenvalue weighted by Gasteiger charge is 2.31. The molecule has 0 heterocycles. The van der Waals surface area contributed by atoms with Crippen LogP contribution in [0.5, 0.6) is 0 Å². The summed E-state index contributed by atoms with van der Waals surface area (Å²) in [6.07, 6.45) is 37.8. The summed E-state index contributed by atoms with van der Waals surface area (Å²) in [7, 11) is 5.52. The minimum absolute atomic E-state index is 0.0527. The number of carboxylic acid groups (broad SMARTS) is 1. The standard InChI is InChI=1S/C44H81NO7/c1-6-8-10-12-14-16-18-20-21-23-24-26-28-30-32-34-42(46)51-39-40(38-50-37-36-41(44(48)49)45(3,4)5)52-43(47)35-33-31-29-27-25-22-19-17-15-13-11-9-7-2/h11,13,17,19,40-41H,6-10,12,14-16,18,20-39H2,1-5H3/p+1/b13-11-,19-17-. The predicted molar refractivity (Wildman–Crippen MR) is 215 cm³/mol. The number of hydrogen-bond acceptors (Lipinski definition) is 6. The Morgan fingerprint density at radius 1 is 0.577 bits per heavy atom. The van der Waals surface area contributed by atoms with Gasteiger partial charge in [0, 0.05) is 19.3 Å². The van der Waals surface area contributed by atoms with Crippen LogP contribution >= 0.6 is 0 Å². The van der Waals surface area contributed by atoms with Crippen molar-refractivity contribution < 1.29 is 38.2 Å². The van der Waals surface area contributed by atoms with Crippen LogP contribution < -0.4 is 0 Å². The van der Waals surface area contributed by atoms with Gasteiger partial charge in [-0.25, -0.2) is 4.79 Å². The van der Waals surface area contributed by atoms with Crippen molar-refractivity contribution in [2.75, 3.05) is 41.0 Å². The first-order valence-corrected chi connectivity index (χ1v) is 21.4. The number of rotatable bonds is 38. The average Bonchev–Trinajstić information content (AvgIpc) is 3.09. The summed E-state index contributed by atoms with van der Waals surface area (Å²) in [5.74, 6) is -1.48. The molecular formula is C44H82NO7+. The van der Waals surface area contributed by atoms with Gasteiger partial charge in [0.15, 0.2) is 12.1 Å². The normalized spacial score (nSPS) is 13.2. The van der Waals surface area contributed by atoms with Crippen molar-refractivity contribution >= 4 is 17.9 Å². The van der Waals surface area contributed by atoms with Crippen molar-refractivity contribution in [3.8, 4) is 0 Å². The summed E-state index contributed by atoms with van der Waals surface area (Å²) in [4.78, 5) is 36.9. The second kappa shape index (κ2) is 35.8. The molecule has 0 aromatic rings. The van der Waals surface area contributed by atoms with Crippen molar-refractivity contribution in [3.63, 3.8) is 0 Å². The number of nitrogens with zero attached hydrogens (tertiary/aromatic N) is 1. The van der Waals surface area contributed by atoms with Gasteiger partial charge in [0.2, 0.25) is 0 Å². The number of hydrogen-bond donors (Lipinski definition) is 1.